The second-order valence-electron chi connectivity index (χ2n) is 5.70. The lowest BCUT2D eigenvalue weighted by Crippen LogP contribution is -2.41. The smallest absolute Gasteiger partial charge is 0.375 e. The predicted octanol–water partition coefficient (Wildman–Crippen LogP) is 0.661. The molecule has 13 heteroatoms. The van der Waals surface area contributed by atoms with Gasteiger partial charge in [0.1, 0.15) is 6.10 Å². The van der Waals surface area contributed by atoms with Crippen LogP contribution in [0.4, 0.5) is 13.2 Å². The maximum absolute atomic E-state index is 12.1. The first-order chi connectivity index (χ1) is 11.0. The van der Waals surface area contributed by atoms with Crippen LogP contribution in [0.25, 0.3) is 0 Å². The molecule has 0 radical (unpaired) electrons. The minimum Gasteiger partial charge on any atom is -0.375 e. The summed E-state index contributed by atoms with van der Waals surface area (Å²) >= 11 is 0. The largest absolute Gasteiger partial charge is 0.512 e. The zero-order chi connectivity index (χ0) is 18.0. The number of ether oxygens (including phenoxy) is 2. The average molecular weight is 397 g/mol. The van der Waals surface area contributed by atoms with Crippen molar-refractivity contribution in [3.8, 4) is 0 Å². The van der Waals surface area contributed by atoms with Crippen molar-refractivity contribution < 1.29 is 43.7 Å². The van der Waals surface area contributed by atoms with Crippen molar-refractivity contribution >= 4 is 20.3 Å². The number of hydrogen-bond donors (Lipinski definition) is 1. The molecule has 1 saturated heterocycles. The van der Waals surface area contributed by atoms with Crippen LogP contribution in [-0.2, 0) is 34.0 Å². The van der Waals surface area contributed by atoms with Gasteiger partial charge in [-0.2, -0.15) is 21.6 Å². The summed E-state index contributed by atoms with van der Waals surface area (Å²) in [5.74, 6) is -0.202. The topological polar surface area (TPSA) is 111 Å². The van der Waals surface area contributed by atoms with Crippen LogP contribution in [0, 0.1) is 5.92 Å². The molecule has 1 aliphatic carbocycles. The van der Waals surface area contributed by atoms with E-state index < -0.39 is 25.8 Å². The number of rotatable bonds is 8. The molecule has 0 bridgehead atoms. The van der Waals surface area contributed by atoms with Gasteiger partial charge in [-0.15, -0.1) is 0 Å². The van der Waals surface area contributed by atoms with E-state index in [0.29, 0.717) is 43.0 Å². The zero-order valence-corrected chi connectivity index (χ0v) is 14.1. The molecule has 142 valence electrons. The number of hydrogen-bond acceptors (Lipinski definition) is 7. The third kappa shape index (κ3) is 6.11. The van der Waals surface area contributed by atoms with Crippen molar-refractivity contribution in [2.45, 2.75) is 43.4 Å². The number of alkyl halides is 3. The SMILES string of the molecule is O=S(=O)(NS(=O)(=O)C(F)(F)F)OCC1CCC(OCC2CO2)CC1. The van der Waals surface area contributed by atoms with E-state index in [0.717, 1.165) is 0 Å². The molecule has 1 unspecified atom stereocenters. The number of epoxide rings is 1. The van der Waals surface area contributed by atoms with Crippen LogP contribution in [0.5, 0.6) is 0 Å². The van der Waals surface area contributed by atoms with Gasteiger partial charge >= 0.3 is 25.8 Å². The molecule has 24 heavy (non-hydrogen) atoms. The van der Waals surface area contributed by atoms with Crippen molar-refractivity contribution in [3.05, 3.63) is 0 Å². The van der Waals surface area contributed by atoms with Gasteiger partial charge in [0.25, 0.3) is 0 Å². The van der Waals surface area contributed by atoms with Crippen LogP contribution < -0.4 is 4.13 Å². The summed E-state index contributed by atoms with van der Waals surface area (Å²) in [6.45, 7) is 0.815. The predicted molar refractivity (Wildman–Crippen MR) is 74.4 cm³/mol. The second kappa shape index (κ2) is 7.41. The van der Waals surface area contributed by atoms with Gasteiger partial charge in [-0.25, -0.2) is 8.42 Å². The fraction of sp³-hybridized carbons (Fsp3) is 1.00. The Hall–Kier alpha value is -0.470. The standard InChI is InChI=1S/C11H18F3NO7S2/c12-11(13,14)23(16,17)15-24(18,19)22-5-8-1-3-9(4-2-8)20-6-10-7-21-10/h8-10,15H,1-7H2. The first-order valence-electron chi connectivity index (χ1n) is 7.21. The minimum absolute atomic E-state index is 0.0331. The van der Waals surface area contributed by atoms with Gasteiger partial charge in [-0.3, -0.25) is 4.18 Å². The summed E-state index contributed by atoms with van der Waals surface area (Å²) in [5.41, 5.74) is -5.73. The molecule has 1 heterocycles. The first-order valence-corrected chi connectivity index (χ1v) is 10.1. The van der Waals surface area contributed by atoms with E-state index in [1.807, 2.05) is 0 Å². The van der Waals surface area contributed by atoms with Crippen LogP contribution in [0.15, 0.2) is 0 Å². The van der Waals surface area contributed by atoms with E-state index in [1.54, 1.807) is 0 Å². The van der Waals surface area contributed by atoms with Crippen molar-refractivity contribution in [1.29, 1.82) is 0 Å². The zero-order valence-electron chi connectivity index (χ0n) is 12.5. The summed E-state index contributed by atoms with van der Waals surface area (Å²) in [6.07, 6.45) is 2.64. The molecule has 0 aromatic rings. The Morgan fingerprint density at radius 3 is 2.12 bits per heavy atom. The third-order valence-corrected chi connectivity index (χ3v) is 6.44. The maximum atomic E-state index is 12.1. The molecule has 1 N–H and O–H groups in total. The highest BCUT2D eigenvalue weighted by Crippen LogP contribution is 2.28. The fourth-order valence-electron chi connectivity index (χ4n) is 2.26. The Morgan fingerprint density at radius 2 is 1.62 bits per heavy atom. The summed E-state index contributed by atoms with van der Waals surface area (Å²) < 4.78 is 96.1. The van der Waals surface area contributed by atoms with Crippen molar-refractivity contribution in [1.82, 2.24) is 4.13 Å². The van der Waals surface area contributed by atoms with Crippen LogP contribution in [0.3, 0.4) is 0 Å². The highest BCUT2D eigenvalue weighted by molar-refractivity contribution is 8.03. The van der Waals surface area contributed by atoms with E-state index in [-0.39, 0.29) is 24.7 Å². The third-order valence-electron chi connectivity index (χ3n) is 3.69. The normalized spacial score (nSPS) is 28.7. The summed E-state index contributed by atoms with van der Waals surface area (Å²) in [7, 11) is -11.1. The van der Waals surface area contributed by atoms with Gasteiger partial charge in [0.15, 0.2) is 0 Å². The molecule has 1 atom stereocenters. The highest BCUT2D eigenvalue weighted by atomic mass is 32.3. The van der Waals surface area contributed by atoms with Crippen LogP contribution in [-0.4, -0.2) is 54.4 Å². The quantitative estimate of drug-likeness (QED) is 0.599. The second-order valence-corrected chi connectivity index (χ2v) is 8.98. The molecule has 0 aromatic heterocycles. The van der Waals surface area contributed by atoms with E-state index in [9.17, 15) is 30.0 Å². The van der Waals surface area contributed by atoms with Gasteiger partial charge in [-0.05, 0) is 31.6 Å². The first kappa shape index (κ1) is 19.8. The molecule has 1 aliphatic heterocycles. The average Bonchev–Trinajstić information content (AvgIpc) is 3.26. The maximum Gasteiger partial charge on any atom is 0.512 e. The fourth-order valence-corrected chi connectivity index (χ4v) is 4.28. The Labute approximate surface area is 137 Å². The van der Waals surface area contributed by atoms with Gasteiger partial charge in [0.2, 0.25) is 0 Å². The molecule has 2 aliphatic rings. The van der Waals surface area contributed by atoms with Gasteiger partial charge in [0, 0.05) is 0 Å². The lowest BCUT2D eigenvalue weighted by Gasteiger charge is -2.28. The van der Waals surface area contributed by atoms with Crippen LogP contribution >= 0.6 is 0 Å². The molecule has 2 fully saturated rings. The van der Waals surface area contributed by atoms with Crippen LogP contribution in [0.2, 0.25) is 0 Å². The molecule has 2 rings (SSSR count). The molecule has 1 saturated carbocycles. The van der Waals surface area contributed by atoms with Gasteiger partial charge < -0.3 is 9.47 Å². The summed E-state index contributed by atoms with van der Waals surface area (Å²) in [6, 6.07) is 0. The lowest BCUT2D eigenvalue weighted by atomic mass is 9.88. The minimum atomic E-state index is -6.02. The molecular formula is C11H18F3NO7S2. The Bertz CT molecular complexity index is 622. The monoisotopic (exact) mass is 397 g/mol. The number of halogens is 3. The van der Waals surface area contributed by atoms with E-state index in [1.165, 1.54) is 0 Å². The molecule has 8 nitrogen and oxygen atoms in total. The van der Waals surface area contributed by atoms with Crippen molar-refractivity contribution in [2.24, 2.45) is 5.92 Å². The van der Waals surface area contributed by atoms with Crippen molar-refractivity contribution in [2.75, 3.05) is 19.8 Å². The molecule has 0 aromatic carbocycles. The Morgan fingerprint density at radius 1 is 1.04 bits per heavy atom. The van der Waals surface area contributed by atoms with Gasteiger partial charge in [0.05, 0.1) is 25.9 Å². The summed E-state index contributed by atoms with van der Waals surface area (Å²) in [5, 5.41) is 0. The van der Waals surface area contributed by atoms with Gasteiger partial charge in [-0.1, -0.05) is 4.13 Å². The van der Waals surface area contributed by atoms with Crippen LogP contribution in [0.1, 0.15) is 25.7 Å². The van der Waals surface area contributed by atoms with E-state index in [2.05, 4.69) is 4.18 Å². The summed E-state index contributed by atoms with van der Waals surface area (Å²) in [4.78, 5) is 0. The Balaban J connectivity index is 1.72. The van der Waals surface area contributed by atoms with E-state index in [4.69, 9.17) is 9.47 Å². The molecular weight excluding hydrogens is 379 g/mol. The number of sulfonamides is 1. The van der Waals surface area contributed by atoms with E-state index >= 15 is 0 Å². The Kier molecular flexibility index (Phi) is 6.13. The molecule has 0 amide bonds. The molecule has 0 spiro atoms. The number of nitrogens with one attached hydrogen (secondary N) is 1. The highest BCUT2D eigenvalue weighted by Gasteiger charge is 2.48. The van der Waals surface area contributed by atoms with Crippen molar-refractivity contribution in [3.63, 3.8) is 0 Å². The lowest BCUT2D eigenvalue weighted by molar-refractivity contribution is -0.0442.